The molecular weight excluding hydrogens is 248 g/mol. The fraction of sp³-hybridized carbons (Fsp3) is 0.375. The predicted molar refractivity (Wildman–Crippen MR) is 82.9 cm³/mol. The SMILES string of the molecule is Cc1nccc(NC[C@@H](c2ccccc2C)N(C)C)n1. The Morgan fingerprint density at radius 2 is 1.90 bits per heavy atom. The number of anilines is 1. The largest absolute Gasteiger partial charge is 0.368 e. The molecule has 0 fully saturated rings. The second-order valence-electron chi connectivity index (χ2n) is 5.21. The van der Waals surface area contributed by atoms with Crippen LogP contribution >= 0.6 is 0 Å². The molecule has 0 unspecified atom stereocenters. The summed E-state index contributed by atoms with van der Waals surface area (Å²) < 4.78 is 0. The van der Waals surface area contributed by atoms with E-state index in [1.165, 1.54) is 11.1 Å². The lowest BCUT2D eigenvalue weighted by molar-refractivity contribution is 0.310. The average Bonchev–Trinajstić information content (AvgIpc) is 2.40. The molecule has 4 nitrogen and oxygen atoms in total. The second kappa shape index (κ2) is 6.48. The van der Waals surface area contributed by atoms with E-state index in [2.05, 4.69) is 65.5 Å². The van der Waals surface area contributed by atoms with Gasteiger partial charge in [0.1, 0.15) is 11.6 Å². The van der Waals surface area contributed by atoms with Crippen LogP contribution in [0, 0.1) is 13.8 Å². The average molecular weight is 270 g/mol. The van der Waals surface area contributed by atoms with Crippen LogP contribution in [0.25, 0.3) is 0 Å². The molecule has 2 aromatic rings. The molecular formula is C16H22N4. The highest BCUT2D eigenvalue weighted by atomic mass is 15.1. The summed E-state index contributed by atoms with van der Waals surface area (Å²) in [6.45, 7) is 4.87. The second-order valence-corrected chi connectivity index (χ2v) is 5.21. The van der Waals surface area contributed by atoms with Gasteiger partial charge in [-0.15, -0.1) is 0 Å². The van der Waals surface area contributed by atoms with Crippen LogP contribution in [0.2, 0.25) is 0 Å². The molecule has 0 spiro atoms. The summed E-state index contributed by atoms with van der Waals surface area (Å²) in [4.78, 5) is 10.7. The van der Waals surface area contributed by atoms with Crippen molar-refractivity contribution in [2.45, 2.75) is 19.9 Å². The summed E-state index contributed by atoms with van der Waals surface area (Å²) >= 11 is 0. The van der Waals surface area contributed by atoms with Gasteiger partial charge in [0.05, 0.1) is 6.04 Å². The molecule has 0 saturated carbocycles. The van der Waals surface area contributed by atoms with Gasteiger partial charge in [-0.1, -0.05) is 24.3 Å². The van der Waals surface area contributed by atoms with Crippen LogP contribution in [-0.4, -0.2) is 35.5 Å². The molecule has 0 aliphatic rings. The van der Waals surface area contributed by atoms with Crippen molar-refractivity contribution < 1.29 is 0 Å². The van der Waals surface area contributed by atoms with Gasteiger partial charge in [-0.3, -0.25) is 0 Å². The van der Waals surface area contributed by atoms with Crippen LogP contribution < -0.4 is 5.32 Å². The topological polar surface area (TPSA) is 41.1 Å². The van der Waals surface area contributed by atoms with E-state index in [9.17, 15) is 0 Å². The summed E-state index contributed by atoms with van der Waals surface area (Å²) in [6.07, 6.45) is 1.78. The zero-order chi connectivity index (χ0) is 14.5. The number of benzene rings is 1. The van der Waals surface area contributed by atoms with Gasteiger partial charge < -0.3 is 10.2 Å². The lowest BCUT2D eigenvalue weighted by atomic mass is 10.0. The van der Waals surface area contributed by atoms with Crippen molar-refractivity contribution in [3.8, 4) is 0 Å². The van der Waals surface area contributed by atoms with E-state index in [1.54, 1.807) is 6.20 Å². The van der Waals surface area contributed by atoms with Crippen molar-refractivity contribution in [1.29, 1.82) is 0 Å². The smallest absolute Gasteiger partial charge is 0.129 e. The lowest BCUT2D eigenvalue weighted by Crippen LogP contribution is -2.27. The Labute approximate surface area is 120 Å². The monoisotopic (exact) mass is 270 g/mol. The first kappa shape index (κ1) is 14.5. The van der Waals surface area contributed by atoms with E-state index in [0.29, 0.717) is 6.04 Å². The van der Waals surface area contributed by atoms with Gasteiger partial charge in [0.15, 0.2) is 0 Å². The fourth-order valence-corrected chi connectivity index (χ4v) is 2.29. The van der Waals surface area contributed by atoms with E-state index < -0.39 is 0 Å². The van der Waals surface area contributed by atoms with Crippen molar-refractivity contribution in [2.75, 3.05) is 26.0 Å². The molecule has 1 atom stereocenters. The molecule has 0 aliphatic heterocycles. The highest BCUT2D eigenvalue weighted by molar-refractivity contribution is 5.35. The van der Waals surface area contributed by atoms with Gasteiger partial charge in [-0.2, -0.15) is 0 Å². The van der Waals surface area contributed by atoms with Gasteiger partial charge in [0.25, 0.3) is 0 Å². The van der Waals surface area contributed by atoms with Gasteiger partial charge in [-0.25, -0.2) is 9.97 Å². The van der Waals surface area contributed by atoms with Gasteiger partial charge in [-0.05, 0) is 45.1 Å². The Hall–Kier alpha value is -1.94. The van der Waals surface area contributed by atoms with Crippen molar-refractivity contribution in [2.24, 2.45) is 0 Å². The predicted octanol–water partition coefficient (Wildman–Crippen LogP) is 2.81. The molecule has 1 heterocycles. The third-order valence-corrected chi connectivity index (χ3v) is 3.42. The Morgan fingerprint density at radius 3 is 2.55 bits per heavy atom. The quantitative estimate of drug-likeness (QED) is 0.907. The zero-order valence-corrected chi connectivity index (χ0v) is 12.6. The number of hydrogen-bond donors (Lipinski definition) is 1. The molecule has 106 valence electrons. The number of nitrogens with zero attached hydrogens (tertiary/aromatic N) is 3. The zero-order valence-electron chi connectivity index (χ0n) is 12.6. The number of aromatic nitrogens is 2. The maximum absolute atomic E-state index is 4.38. The highest BCUT2D eigenvalue weighted by Gasteiger charge is 2.15. The third-order valence-electron chi connectivity index (χ3n) is 3.42. The number of likely N-dealkylation sites (N-methyl/N-ethyl adjacent to an activating group) is 1. The molecule has 1 N–H and O–H groups in total. The van der Waals surface area contributed by atoms with Crippen molar-refractivity contribution >= 4 is 5.82 Å². The van der Waals surface area contributed by atoms with Crippen LogP contribution in [0.4, 0.5) is 5.82 Å². The van der Waals surface area contributed by atoms with E-state index >= 15 is 0 Å². The first-order chi connectivity index (χ1) is 9.58. The van der Waals surface area contributed by atoms with Gasteiger partial charge >= 0.3 is 0 Å². The molecule has 0 bridgehead atoms. The van der Waals surface area contributed by atoms with Gasteiger partial charge in [0, 0.05) is 12.7 Å². The molecule has 0 aliphatic carbocycles. The minimum Gasteiger partial charge on any atom is -0.368 e. The Bertz CT molecular complexity index is 566. The standard InChI is InChI=1S/C16H22N4/c1-12-7-5-6-8-14(12)15(20(3)4)11-18-16-9-10-17-13(2)19-16/h5-10,15H,11H2,1-4H3,(H,17,18,19)/t15-/m0/s1. The number of aryl methyl sites for hydroxylation is 2. The van der Waals surface area contributed by atoms with Gasteiger partial charge in [0.2, 0.25) is 0 Å². The first-order valence-electron chi connectivity index (χ1n) is 6.83. The minimum absolute atomic E-state index is 0.312. The number of rotatable bonds is 5. The molecule has 0 radical (unpaired) electrons. The normalized spacial score (nSPS) is 12.4. The van der Waals surface area contributed by atoms with E-state index in [1.807, 2.05) is 13.0 Å². The number of nitrogens with one attached hydrogen (secondary N) is 1. The summed E-state index contributed by atoms with van der Waals surface area (Å²) in [5, 5.41) is 3.40. The molecule has 20 heavy (non-hydrogen) atoms. The van der Waals surface area contributed by atoms with Crippen molar-refractivity contribution in [1.82, 2.24) is 14.9 Å². The molecule has 1 aromatic heterocycles. The van der Waals surface area contributed by atoms with Crippen LogP contribution in [0.1, 0.15) is 23.0 Å². The molecule has 4 heteroatoms. The molecule has 0 saturated heterocycles. The lowest BCUT2D eigenvalue weighted by Gasteiger charge is -2.26. The summed E-state index contributed by atoms with van der Waals surface area (Å²) in [5.74, 6) is 1.66. The first-order valence-corrected chi connectivity index (χ1v) is 6.83. The van der Waals surface area contributed by atoms with E-state index in [-0.39, 0.29) is 0 Å². The molecule has 0 amide bonds. The van der Waals surface area contributed by atoms with Crippen LogP contribution in [0.3, 0.4) is 0 Å². The Balaban J connectivity index is 2.13. The maximum atomic E-state index is 4.38. The van der Waals surface area contributed by atoms with Crippen molar-refractivity contribution in [3.63, 3.8) is 0 Å². The van der Waals surface area contributed by atoms with Crippen LogP contribution in [0.15, 0.2) is 36.5 Å². The van der Waals surface area contributed by atoms with Crippen LogP contribution in [-0.2, 0) is 0 Å². The third kappa shape index (κ3) is 3.54. The van der Waals surface area contributed by atoms with E-state index in [0.717, 1.165) is 18.2 Å². The molecule has 2 rings (SSSR count). The summed E-state index contributed by atoms with van der Waals surface area (Å²) in [7, 11) is 4.20. The van der Waals surface area contributed by atoms with Crippen LogP contribution in [0.5, 0.6) is 0 Å². The Morgan fingerprint density at radius 1 is 1.15 bits per heavy atom. The van der Waals surface area contributed by atoms with E-state index in [4.69, 9.17) is 0 Å². The Kier molecular flexibility index (Phi) is 4.69. The maximum Gasteiger partial charge on any atom is 0.129 e. The molecule has 1 aromatic carbocycles. The summed E-state index contributed by atoms with van der Waals surface area (Å²) in [5.41, 5.74) is 2.66. The highest BCUT2D eigenvalue weighted by Crippen LogP contribution is 2.22. The minimum atomic E-state index is 0.312. The van der Waals surface area contributed by atoms with Crippen molar-refractivity contribution in [3.05, 3.63) is 53.5 Å². The number of hydrogen-bond acceptors (Lipinski definition) is 4. The summed E-state index contributed by atoms with van der Waals surface area (Å²) in [6, 6.07) is 10.7. The fourth-order valence-electron chi connectivity index (χ4n) is 2.29.